The van der Waals surface area contributed by atoms with Crippen LogP contribution in [0.3, 0.4) is 0 Å². The van der Waals surface area contributed by atoms with E-state index in [0.717, 1.165) is 0 Å². The van der Waals surface area contributed by atoms with Crippen molar-refractivity contribution >= 4 is 18.0 Å². The lowest BCUT2D eigenvalue weighted by atomic mass is 10.2. The van der Waals surface area contributed by atoms with Crippen molar-refractivity contribution in [1.29, 1.82) is 0 Å². The third kappa shape index (κ3) is 4.63. The minimum absolute atomic E-state index is 0.432. The van der Waals surface area contributed by atoms with E-state index in [1.807, 2.05) is 0 Å². The summed E-state index contributed by atoms with van der Waals surface area (Å²) in [6.45, 7) is 4.36. The summed E-state index contributed by atoms with van der Waals surface area (Å²) in [5.41, 5.74) is 0. The van der Waals surface area contributed by atoms with Crippen LogP contribution in [0.4, 0.5) is 4.79 Å². The van der Waals surface area contributed by atoms with E-state index >= 15 is 0 Å². The molecule has 0 aliphatic heterocycles. The van der Waals surface area contributed by atoms with E-state index in [4.69, 9.17) is 10.2 Å². The molecule has 7 nitrogen and oxygen atoms in total. The number of carboxylic acid groups (broad SMARTS) is 2. The molecule has 0 fully saturated rings. The average Bonchev–Trinajstić information content (AvgIpc) is 2.17. The molecule has 0 aliphatic rings. The zero-order valence-electron chi connectivity index (χ0n) is 9.27. The molecule has 0 saturated carbocycles. The highest BCUT2D eigenvalue weighted by Gasteiger charge is 2.24. The molecule has 0 bridgehead atoms. The zero-order chi connectivity index (χ0) is 12.7. The van der Waals surface area contributed by atoms with Crippen LogP contribution in [0, 0.1) is 0 Å². The average molecular weight is 232 g/mol. The van der Waals surface area contributed by atoms with E-state index in [9.17, 15) is 14.4 Å². The lowest BCUT2D eigenvalue weighted by Crippen LogP contribution is -2.48. The van der Waals surface area contributed by atoms with Gasteiger partial charge in [0, 0.05) is 13.1 Å². The van der Waals surface area contributed by atoms with Crippen LogP contribution >= 0.6 is 0 Å². The highest BCUT2D eigenvalue weighted by atomic mass is 16.4. The Kier molecular flexibility index (Phi) is 5.91. The number of nitrogens with zero attached hydrogens (tertiary/aromatic N) is 1. The second-order valence-electron chi connectivity index (χ2n) is 3.11. The number of carboxylic acids is 2. The molecule has 0 aromatic rings. The molecule has 16 heavy (non-hydrogen) atoms. The third-order valence-electron chi connectivity index (χ3n) is 2.03. The lowest BCUT2D eigenvalue weighted by Gasteiger charge is -2.21. The van der Waals surface area contributed by atoms with Crippen LogP contribution in [0.25, 0.3) is 0 Å². The van der Waals surface area contributed by atoms with E-state index in [1.165, 1.54) is 4.90 Å². The van der Waals surface area contributed by atoms with Gasteiger partial charge >= 0.3 is 18.0 Å². The molecule has 0 aliphatic carbocycles. The van der Waals surface area contributed by atoms with Gasteiger partial charge in [-0.15, -0.1) is 0 Å². The van der Waals surface area contributed by atoms with Gasteiger partial charge in [0.25, 0.3) is 0 Å². The molecular weight excluding hydrogens is 216 g/mol. The molecule has 2 amide bonds. The van der Waals surface area contributed by atoms with Gasteiger partial charge in [-0.05, 0) is 13.8 Å². The SMILES string of the molecule is CCN(CC)C(=O)N[C@H](CC(=O)O)C(=O)O. The maximum atomic E-state index is 11.5. The molecule has 0 aromatic carbocycles. The van der Waals surface area contributed by atoms with Crippen molar-refractivity contribution in [1.82, 2.24) is 10.2 Å². The Morgan fingerprint density at radius 2 is 1.69 bits per heavy atom. The molecule has 1 atom stereocenters. The normalized spacial score (nSPS) is 11.6. The predicted octanol–water partition coefficient (Wildman–Crippen LogP) is -0.0343. The Bertz CT molecular complexity index is 275. The maximum Gasteiger partial charge on any atom is 0.326 e. The van der Waals surface area contributed by atoms with Crippen LogP contribution in [-0.2, 0) is 9.59 Å². The Labute approximate surface area is 93.0 Å². The van der Waals surface area contributed by atoms with Crippen LogP contribution < -0.4 is 5.32 Å². The van der Waals surface area contributed by atoms with Gasteiger partial charge in [0.15, 0.2) is 0 Å². The summed E-state index contributed by atoms with van der Waals surface area (Å²) < 4.78 is 0. The standard InChI is InChI=1S/C9H16N2O5/c1-3-11(4-2)9(16)10-6(8(14)15)5-7(12)13/h6H,3-5H2,1-2H3,(H,10,16)(H,12,13)(H,14,15)/t6-/m1/s1. The highest BCUT2D eigenvalue weighted by Crippen LogP contribution is 1.96. The molecule has 0 rings (SSSR count). The topological polar surface area (TPSA) is 107 Å². The van der Waals surface area contributed by atoms with Crippen molar-refractivity contribution in [3.05, 3.63) is 0 Å². The number of amides is 2. The molecule has 92 valence electrons. The summed E-state index contributed by atoms with van der Waals surface area (Å²) in [7, 11) is 0. The maximum absolute atomic E-state index is 11.5. The molecular formula is C9H16N2O5. The Morgan fingerprint density at radius 3 is 2.00 bits per heavy atom. The van der Waals surface area contributed by atoms with Crippen molar-refractivity contribution in [3.8, 4) is 0 Å². The van der Waals surface area contributed by atoms with Crippen molar-refractivity contribution in [2.24, 2.45) is 0 Å². The molecule has 0 aromatic heterocycles. The first-order valence-electron chi connectivity index (χ1n) is 4.92. The molecule has 0 unspecified atom stereocenters. The van der Waals surface area contributed by atoms with E-state index < -0.39 is 30.4 Å². The van der Waals surface area contributed by atoms with E-state index in [-0.39, 0.29) is 0 Å². The molecule has 0 saturated heterocycles. The van der Waals surface area contributed by atoms with Gasteiger partial charge in [-0.3, -0.25) is 4.79 Å². The predicted molar refractivity (Wildman–Crippen MR) is 55.1 cm³/mol. The second kappa shape index (κ2) is 6.65. The first-order chi connectivity index (χ1) is 7.42. The first-order valence-corrected chi connectivity index (χ1v) is 4.92. The van der Waals surface area contributed by atoms with Crippen molar-refractivity contribution in [2.45, 2.75) is 26.3 Å². The van der Waals surface area contributed by atoms with Crippen LogP contribution in [0.5, 0.6) is 0 Å². The third-order valence-corrected chi connectivity index (χ3v) is 2.03. The van der Waals surface area contributed by atoms with E-state index in [0.29, 0.717) is 13.1 Å². The second-order valence-corrected chi connectivity index (χ2v) is 3.11. The number of urea groups is 1. The van der Waals surface area contributed by atoms with Gasteiger partial charge in [-0.2, -0.15) is 0 Å². The van der Waals surface area contributed by atoms with Gasteiger partial charge in [0.05, 0.1) is 6.42 Å². The van der Waals surface area contributed by atoms with Gasteiger partial charge in [0.2, 0.25) is 0 Å². The highest BCUT2D eigenvalue weighted by molar-refractivity contribution is 5.86. The Balaban J connectivity index is 4.44. The smallest absolute Gasteiger partial charge is 0.326 e. The lowest BCUT2D eigenvalue weighted by molar-refractivity contribution is -0.145. The molecule has 0 spiro atoms. The van der Waals surface area contributed by atoms with E-state index in [2.05, 4.69) is 5.32 Å². The monoisotopic (exact) mass is 232 g/mol. The number of hydrogen-bond acceptors (Lipinski definition) is 3. The van der Waals surface area contributed by atoms with Crippen molar-refractivity contribution in [2.75, 3.05) is 13.1 Å². The summed E-state index contributed by atoms with van der Waals surface area (Å²) in [5, 5.41) is 19.3. The minimum Gasteiger partial charge on any atom is -0.481 e. The summed E-state index contributed by atoms with van der Waals surface area (Å²) in [6, 6.07) is -1.97. The van der Waals surface area contributed by atoms with Gasteiger partial charge in [0.1, 0.15) is 6.04 Å². The van der Waals surface area contributed by atoms with Gasteiger partial charge in [-0.1, -0.05) is 0 Å². The summed E-state index contributed by atoms with van der Waals surface area (Å²) in [6.07, 6.45) is -0.637. The van der Waals surface area contributed by atoms with Crippen LogP contribution in [-0.4, -0.2) is 52.2 Å². The molecule has 0 radical (unpaired) electrons. The fourth-order valence-electron chi connectivity index (χ4n) is 1.13. The van der Waals surface area contributed by atoms with Gasteiger partial charge in [-0.25, -0.2) is 9.59 Å². The minimum atomic E-state index is -1.40. The largest absolute Gasteiger partial charge is 0.481 e. The number of nitrogens with one attached hydrogen (secondary N) is 1. The fraction of sp³-hybridized carbons (Fsp3) is 0.667. The number of hydrogen-bond donors (Lipinski definition) is 3. The van der Waals surface area contributed by atoms with Crippen LogP contribution in [0.15, 0.2) is 0 Å². The van der Waals surface area contributed by atoms with Crippen LogP contribution in [0.2, 0.25) is 0 Å². The number of rotatable bonds is 6. The Morgan fingerprint density at radius 1 is 1.19 bits per heavy atom. The molecule has 0 heterocycles. The quantitative estimate of drug-likeness (QED) is 0.596. The van der Waals surface area contributed by atoms with Crippen molar-refractivity contribution < 1.29 is 24.6 Å². The van der Waals surface area contributed by atoms with Gasteiger partial charge < -0.3 is 20.4 Å². The zero-order valence-corrected chi connectivity index (χ0v) is 9.27. The number of carbonyl (C=O) groups is 3. The summed E-state index contributed by atoms with van der Waals surface area (Å²) >= 11 is 0. The summed E-state index contributed by atoms with van der Waals surface area (Å²) in [5.74, 6) is -2.63. The summed E-state index contributed by atoms with van der Waals surface area (Å²) in [4.78, 5) is 33.9. The fourth-order valence-corrected chi connectivity index (χ4v) is 1.13. The van der Waals surface area contributed by atoms with Crippen LogP contribution in [0.1, 0.15) is 20.3 Å². The van der Waals surface area contributed by atoms with Crippen molar-refractivity contribution in [3.63, 3.8) is 0 Å². The molecule has 7 heteroatoms. The Hall–Kier alpha value is -1.79. The first kappa shape index (κ1) is 14.2. The molecule has 3 N–H and O–H groups in total. The number of carbonyl (C=O) groups excluding carboxylic acids is 1. The van der Waals surface area contributed by atoms with E-state index in [1.54, 1.807) is 13.8 Å². The number of aliphatic carboxylic acids is 2.